The van der Waals surface area contributed by atoms with Crippen LogP contribution >= 0.6 is 0 Å². The summed E-state index contributed by atoms with van der Waals surface area (Å²) < 4.78 is 12.0. The third kappa shape index (κ3) is 6.81. The van der Waals surface area contributed by atoms with Crippen LogP contribution in [0.5, 0.6) is 11.6 Å². The summed E-state index contributed by atoms with van der Waals surface area (Å²) >= 11 is 2.40. The molecule has 0 unspecified atom stereocenters. The van der Waals surface area contributed by atoms with E-state index in [0.717, 1.165) is 65.4 Å². The van der Waals surface area contributed by atoms with Crippen LogP contribution in [-0.4, -0.2) is 14.1 Å². The zero-order valence-electron chi connectivity index (χ0n) is 30.0. The first-order valence-electron chi connectivity index (χ1n) is 17.6. The first-order valence-corrected chi connectivity index (χ1v) is 18.8. The number of aryl methyl sites for hydroxylation is 1. The molecule has 53 heavy (non-hydrogen) atoms. The Morgan fingerprint density at radius 3 is 1.89 bits per heavy atom. The molecule has 0 amide bonds. The molecule has 0 aliphatic rings. The van der Waals surface area contributed by atoms with Gasteiger partial charge in [-0.15, -0.1) is 0 Å². The molecular formula is C47H38N4OPt-2. The SMILES string of the molecule is Cn1[c](=[Pt])n(-c2[c-]c(N(c3[c-]c(Oc4cc(C(C)(C)C)ccn4)ccc3)c3c(-c4ccccc4)cccc3-c3ccccc3)ccc2)c2ccccc21. The summed E-state index contributed by atoms with van der Waals surface area (Å²) in [6.45, 7) is 6.56. The van der Waals surface area contributed by atoms with Crippen molar-refractivity contribution in [2.24, 2.45) is 7.05 Å². The van der Waals surface area contributed by atoms with Gasteiger partial charge in [-0.2, -0.15) is 0 Å². The molecule has 0 aliphatic heterocycles. The number of imidazole rings is 1. The van der Waals surface area contributed by atoms with Gasteiger partial charge in [-0.3, -0.25) is 0 Å². The Morgan fingerprint density at radius 1 is 0.642 bits per heavy atom. The number of hydrogen-bond donors (Lipinski definition) is 0. The quantitative estimate of drug-likeness (QED) is 0.143. The number of aromatic nitrogens is 3. The van der Waals surface area contributed by atoms with Crippen molar-refractivity contribution in [2.75, 3.05) is 4.90 Å². The fraction of sp³-hybridized carbons (Fsp3) is 0.106. The normalized spacial score (nSPS) is 11.5. The number of nitrogens with zero attached hydrogens (tertiary/aromatic N) is 4. The van der Waals surface area contributed by atoms with Crippen molar-refractivity contribution in [2.45, 2.75) is 26.2 Å². The van der Waals surface area contributed by atoms with Crippen molar-refractivity contribution in [3.63, 3.8) is 0 Å². The fourth-order valence-electron chi connectivity index (χ4n) is 6.73. The first kappa shape index (κ1) is 34.3. The van der Waals surface area contributed by atoms with Gasteiger partial charge in [-0.05, 0) is 17.0 Å². The van der Waals surface area contributed by atoms with E-state index in [1.165, 1.54) is 0 Å². The number of anilines is 3. The molecule has 0 aliphatic carbocycles. The molecule has 6 aromatic carbocycles. The number of para-hydroxylation sites is 3. The zero-order chi connectivity index (χ0) is 36.5. The molecule has 0 bridgehead atoms. The Labute approximate surface area is 321 Å². The molecule has 6 heteroatoms. The summed E-state index contributed by atoms with van der Waals surface area (Å²) in [4.78, 5) is 6.82. The van der Waals surface area contributed by atoms with Gasteiger partial charge in [0.25, 0.3) is 0 Å². The molecule has 0 atom stereocenters. The molecule has 264 valence electrons. The molecule has 0 saturated heterocycles. The van der Waals surface area contributed by atoms with Gasteiger partial charge in [0.05, 0.1) is 0 Å². The Hall–Kier alpha value is -5.77. The van der Waals surface area contributed by atoms with E-state index >= 15 is 0 Å². The molecule has 0 radical (unpaired) electrons. The van der Waals surface area contributed by atoms with Gasteiger partial charge in [-0.1, -0.05) is 20.8 Å². The van der Waals surface area contributed by atoms with Gasteiger partial charge in [0.15, 0.2) is 0 Å². The summed E-state index contributed by atoms with van der Waals surface area (Å²) in [6.07, 6.45) is 1.81. The topological polar surface area (TPSA) is 35.2 Å². The maximum absolute atomic E-state index is 6.45. The van der Waals surface area contributed by atoms with E-state index in [2.05, 4.69) is 206 Å². The fourth-order valence-corrected chi connectivity index (χ4v) is 7.55. The van der Waals surface area contributed by atoms with E-state index < -0.39 is 0 Å². The predicted octanol–water partition coefficient (Wildman–Crippen LogP) is 11.9. The second kappa shape index (κ2) is 14.3. The van der Waals surface area contributed by atoms with Crippen LogP contribution in [0.1, 0.15) is 26.3 Å². The molecule has 0 saturated carbocycles. The van der Waals surface area contributed by atoms with E-state index in [1.54, 1.807) is 6.20 Å². The zero-order valence-corrected chi connectivity index (χ0v) is 32.3. The van der Waals surface area contributed by atoms with Crippen LogP contribution in [0.3, 0.4) is 0 Å². The van der Waals surface area contributed by atoms with Gasteiger partial charge < -0.3 is 0 Å². The van der Waals surface area contributed by atoms with Crippen LogP contribution < -0.4 is 9.64 Å². The van der Waals surface area contributed by atoms with Crippen LogP contribution in [0.4, 0.5) is 17.1 Å². The van der Waals surface area contributed by atoms with Gasteiger partial charge in [0.2, 0.25) is 0 Å². The summed E-state index contributed by atoms with van der Waals surface area (Å²) in [7, 11) is 2.10. The van der Waals surface area contributed by atoms with Crippen LogP contribution in [-0.2, 0) is 31.8 Å². The number of fused-ring (bicyclic) bond motifs is 1. The minimum absolute atomic E-state index is 0.0425. The van der Waals surface area contributed by atoms with E-state index in [1.807, 2.05) is 24.3 Å². The Balaban J connectivity index is 1.37. The van der Waals surface area contributed by atoms with Crippen LogP contribution in [0.15, 0.2) is 158 Å². The van der Waals surface area contributed by atoms with Crippen molar-refractivity contribution >= 4 is 28.1 Å². The molecule has 2 heterocycles. The van der Waals surface area contributed by atoms with Gasteiger partial charge >= 0.3 is 279 Å². The Morgan fingerprint density at radius 2 is 1.23 bits per heavy atom. The molecule has 0 N–H and O–H groups in total. The third-order valence-corrected chi connectivity index (χ3v) is 10.7. The number of hydrogen-bond acceptors (Lipinski definition) is 3. The predicted molar refractivity (Wildman–Crippen MR) is 212 cm³/mol. The number of rotatable bonds is 8. The summed E-state index contributed by atoms with van der Waals surface area (Å²) in [5.41, 5.74) is 11.4. The standard InChI is InChI=1S/C47H38N4O.Pt/c1-47(2,3)36-28-29-48-45(30-36)52-40-23-14-22-39(32-40)51(38-21-13-20-37(31-38)50-33-49(4)43-26-11-12-27-44(43)50)46-41(34-16-7-5-8-17-34)24-15-25-42(46)35-18-9-6-10-19-35;/h5-30H,1-4H3;/q-2;. The summed E-state index contributed by atoms with van der Waals surface area (Å²) in [5.74, 6) is 1.10. The van der Waals surface area contributed by atoms with Gasteiger partial charge in [0, 0.05) is 6.20 Å². The van der Waals surface area contributed by atoms with Crippen LogP contribution in [0.2, 0.25) is 0 Å². The van der Waals surface area contributed by atoms with Crippen molar-refractivity contribution < 1.29 is 24.1 Å². The van der Waals surface area contributed by atoms with E-state index in [4.69, 9.17) is 4.74 Å². The maximum atomic E-state index is 6.45. The van der Waals surface area contributed by atoms with E-state index in [0.29, 0.717) is 11.6 Å². The van der Waals surface area contributed by atoms with Crippen molar-refractivity contribution in [1.82, 2.24) is 14.1 Å². The first-order chi connectivity index (χ1) is 25.8. The molecular weight excluding hydrogens is 832 g/mol. The van der Waals surface area contributed by atoms with Crippen LogP contribution in [0.25, 0.3) is 39.0 Å². The summed E-state index contributed by atoms with van der Waals surface area (Å²) in [5, 5.41) is 0. The van der Waals surface area contributed by atoms with E-state index in [9.17, 15) is 0 Å². The molecule has 0 spiro atoms. The second-order valence-electron chi connectivity index (χ2n) is 14.0. The number of pyridine rings is 1. The Kier molecular flexibility index (Phi) is 9.28. The molecule has 0 fully saturated rings. The Bertz CT molecular complexity index is 2560. The average Bonchev–Trinajstić information content (AvgIpc) is 3.44. The number of ether oxygens (including phenoxy) is 1. The van der Waals surface area contributed by atoms with Crippen molar-refractivity contribution in [3.8, 4) is 39.6 Å². The molecule has 5 nitrogen and oxygen atoms in total. The van der Waals surface area contributed by atoms with E-state index in [-0.39, 0.29) is 5.41 Å². The average molecular weight is 870 g/mol. The van der Waals surface area contributed by atoms with Crippen molar-refractivity contribution in [3.05, 3.63) is 179 Å². The minimum atomic E-state index is -0.0425. The summed E-state index contributed by atoms with van der Waals surface area (Å²) in [6, 6.07) is 60.0. The van der Waals surface area contributed by atoms with Crippen LogP contribution in [0, 0.1) is 15.9 Å². The van der Waals surface area contributed by atoms with Crippen molar-refractivity contribution in [1.29, 1.82) is 0 Å². The third-order valence-electron chi connectivity index (χ3n) is 9.40. The molecule has 8 rings (SSSR count). The molecule has 2 aromatic heterocycles. The second-order valence-corrected chi connectivity index (χ2v) is 15.0. The van der Waals surface area contributed by atoms with Gasteiger partial charge in [-0.25, -0.2) is 0 Å². The van der Waals surface area contributed by atoms with Gasteiger partial charge in [0.1, 0.15) is 0 Å². The number of benzene rings is 6. The monoisotopic (exact) mass is 869 g/mol. The molecule has 8 aromatic rings.